The zero-order valence-corrected chi connectivity index (χ0v) is 14.4. The third-order valence-electron chi connectivity index (χ3n) is 3.46. The molecule has 2 N–H and O–H groups in total. The summed E-state index contributed by atoms with van der Waals surface area (Å²) in [5.41, 5.74) is 2.57. The van der Waals surface area contributed by atoms with E-state index >= 15 is 0 Å². The molecule has 0 aliphatic carbocycles. The van der Waals surface area contributed by atoms with Gasteiger partial charge in [-0.3, -0.25) is 4.99 Å². The highest BCUT2D eigenvalue weighted by molar-refractivity contribution is 6.31. The molecule has 0 aliphatic heterocycles. The van der Waals surface area contributed by atoms with Crippen molar-refractivity contribution in [2.24, 2.45) is 4.99 Å². The number of ether oxygens (including phenoxy) is 1. The number of nitrogens with one attached hydrogen (secondary N) is 2. The fraction of sp³-hybridized carbons (Fsp3) is 0.222. The van der Waals surface area contributed by atoms with Crippen molar-refractivity contribution in [3.8, 4) is 0 Å². The van der Waals surface area contributed by atoms with Crippen LogP contribution in [-0.2, 0) is 17.8 Å². The van der Waals surface area contributed by atoms with Gasteiger partial charge in [0.2, 0.25) is 0 Å². The van der Waals surface area contributed by atoms with Gasteiger partial charge in [0.05, 0.1) is 12.7 Å². The maximum Gasteiger partial charge on any atom is 0.337 e. The molecular formula is C18H20ClN3O2. The Balaban J connectivity index is 1.87. The molecule has 0 saturated carbocycles. The fourth-order valence-corrected chi connectivity index (χ4v) is 2.31. The van der Waals surface area contributed by atoms with Gasteiger partial charge in [0, 0.05) is 25.2 Å². The fourth-order valence-electron chi connectivity index (χ4n) is 2.10. The molecule has 2 aromatic rings. The number of hydrogen-bond donors (Lipinski definition) is 2. The topological polar surface area (TPSA) is 62.7 Å². The molecular weight excluding hydrogens is 326 g/mol. The number of rotatable bonds is 5. The van der Waals surface area contributed by atoms with E-state index in [1.807, 2.05) is 36.4 Å². The van der Waals surface area contributed by atoms with Crippen molar-refractivity contribution in [2.75, 3.05) is 14.2 Å². The summed E-state index contributed by atoms with van der Waals surface area (Å²) in [7, 11) is 3.08. The molecule has 126 valence electrons. The van der Waals surface area contributed by atoms with Crippen LogP contribution < -0.4 is 10.6 Å². The predicted molar refractivity (Wildman–Crippen MR) is 96.3 cm³/mol. The highest BCUT2D eigenvalue weighted by Gasteiger charge is 2.05. The van der Waals surface area contributed by atoms with Crippen molar-refractivity contribution >= 4 is 23.5 Å². The molecule has 0 aliphatic rings. The van der Waals surface area contributed by atoms with Crippen LogP contribution in [0.15, 0.2) is 53.5 Å². The van der Waals surface area contributed by atoms with Gasteiger partial charge in [0.1, 0.15) is 0 Å². The third kappa shape index (κ3) is 4.99. The van der Waals surface area contributed by atoms with Crippen LogP contribution in [-0.4, -0.2) is 26.1 Å². The SMILES string of the molecule is CN=C(NCc1ccc(C(=O)OC)cc1)NCc1ccccc1Cl. The van der Waals surface area contributed by atoms with E-state index in [4.69, 9.17) is 11.6 Å². The Bertz CT molecular complexity index is 714. The van der Waals surface area contributed by atoms with Gasteiger partial charge < -0.3 is 15.4 Å². The van der Waals surface area contributed by atoms with Crippen molar-refractivity contribution in [2.45, 2.75) is 13.1 Å². The molecule has 0 amide bonds. The maximum atomic E-state index is 11.4. The first-order chi connectivity index (χ1) is 11.6. The lowest BCUT2D eigenvalue weighted by Crippen LogP contribution is -2.36. The molecule has 0 unspecified atom stereocenters. The van der Waals surface area contributed by atoms with Gasteiger partial charge in [-0.25, -0.2) is 4.79 Å². The van der Waals surface area contributed by atoms with E-state index in [-0.39, 0.29) is 5.97 Å². The van der Waals surface area contributed by atoms with E-state index in [1.165, 1.54) is 7.11 Å². The molecule has 0 saturated heterocycles. The van der Waals surface area contributed by atoms with Crippen molar-refractivity contribution in [3.05, 3.63) is 70.2 Å². The summed E-state index contributed by atoms with van der Waals surface area (Å²) in [6.07, 6.45) is 0. The van der Waals surface area contributed by atoms with Crippen LogP contribution in [0.2, 0.25) is 5.02 Å². The number of carbonyl (C=O) groups excluding carboxylic acids is 1. The van der Waals surface area contributed by atoms with Crippen molar-refractivity contribution < 1.29 is 9.53 Å². The number of aliphatic imine (C=N–C) groups is 1. The predicted octanol–water partition coefficient (Wildman–Crippen LogP) is 2.99. The Morgan fingerprint density at radius 2 is 1.75 bits per heavy atom. The number of esters is 1. The van der Waals surface area contributed by atoms with Crippen LogP contribution in [0.25, 0.3) is 0 Å². The van der Waals surface area contributed by atoms with Crippen LogP contribution in [0.4, 0.5) is 0 Å². The molecule has 0 aromatic heterocycles. The Hall–Kier alpha value is -2.53. The van der Waals surface area contributed by atoms with Gasteiger partial charge >= 0.3 is 5.97 Å². The summed E-state index contributed by atoms with van der Waals surface area (Å²) < 4.78 is 4.68. The van der Waals surface area contributed by atoms with E-state index in [0.29, 0.717) is 24.6 Å². The summed E-state index contributed by atoms with van der Waals surface area (Å²) in [5, 5.41) is 7.15. The number of carbonyl (C=O) groups is 1. The van der Waals surface area contributed by atoms with E-state index in [9.17, 15) is 4.79 Å². The van der Waals surface area contributed by atoms with E-state index in [2.05, 4.69) is 20.4 Å². The minimum absolute atomic E-state index is 0.341. The lowest BCUT2D eigenvalue weighted by Gasteiger charge is -2.13. The van der Waals surface area contributed by atoms with E-state index in [1.54, 1.807) is 19.2 Å². The second-order valence-corrected chi connectivity index (χ2v) is 5.47. The largest absolute Gasteiger partial charge is 0.465 e. The Kier molecular flexibility index (Phi) is 6.63. The maximum absolute atomic E-state index is 11.4. The molecule has 24 heavy (non-hydrogen) atoms. The number of halogens is 1. The van der Waals surface area contributed by atoms with Gasteiger partial charge in [0.15, 0.2) is 5.96 Å². The minimum Gasteiger partial charge on any atom is -0.465 e. The number of benzene rings is 2. The second kappa shape index (κ2) is 8.93. The van der Waals surface area contributed by atoms with E-state index < -0.39 is 0 Å². The second-order valence-electron chi connectivity index (χ2n) is 5.06. The van der Waals surface area contributed by atoms with Crippen LogP contribution in [0.5, 0.6) is 0 Å². The summed E-state index contributed by atoms with van der Waals surface area (Å²) in [5.74, 6) is 0.332. The summed E-state index contributed by atoms with van der Waals surface area (Å²) in [4.78, 5) is 15.6. The van der Waals surface area contributed by atoms with Gasteiger partial charge in [-0.05, 0) is 29.3 Å². The molecule has 6 heteroatoms. The zero-order chi connectivity index (χ0) is 17.4. The molecule has 0 atom stereocenters. The van der Waals surface area contributed by atoms with Crippen LogP contribution in [0.1, 0.15) is 21.5 Å². The third-order valence-corrected chi connectivity index (χ3v) is 3.83. The lowest BCUT2D eigenvalue weighted by molar-refractivity contribution is 0.0600. The summed E-state index contributed by atoms with van der Waals surface area (Å²) >= 11 is 6.14. The number of hydrogen-bond acceptors (Lipinski definition) is 3. The monoisotopic (exact) mass is 345 g/mol. The molecule has 2 rings (SSSR count). The molecule has 2 aromatic carbocycles. The van der Waals surface area contributed by atoms with Gasteiger partial charge in [-0.15, -0.1) is 0 Å². The number of nitrogens with zero attached hydrogens (tertiary/aromatic N) is 1. The van der Waals surface area contributed by atoms with Crippen LogP contribution in [0, 0.1) is 0 Å². The molecule has 0 heterocycles. The average Bonchev–Trinajstić information content (AvgIpc) is 2.63. The Labute approximate surface area is 146 Å². The molecule has 0 spiro atoms. The number of methoxy groups -OCH3 is 1. The van der Waals surface area contributed by atoms with Gasteiger partial charge in [-0.2, -0.15) is 0 Å². The van der Waals surface area contributed by atoms with Gasteiger partial charge in [-0.1, -0.05) is 41.9 Å². The molecule has 0 radical (unpaired) electrons. The number of guanidine groups is 1. The first-order valence-corrected chi connectivity index (χ1v) is 7.87. The van der Waals surface area contributed by atoms with Crippen molar-refractivity contribution in [1.29, 1.82) is 0 Å². The minimum atomic E-state index is -0.341. The lowest BCUT2D eigenvalue weighted by atomic mass is 10.1. The highest BCUT2D eigenvalue weighted by Crippen LogP contribution is 2.14. The highest BCUT2D eigenvalue weighted by atomic mass is 35.5. The Morgan fingerprint density at radius 3 is 2.38 bits per heavy atom. The normalized spacial score (nSPS) is 11.0. The smallest absolute Gasteiger partial charge is 0.337 e. The Morgan fingerprint density at radius 1 is 1.08 bits per heavy atom. The first kappa shape index (κ1) is 17.8. The summed E-state index contributed by atoms with van der Waals surface area (Å²) in [6.45, 7) is 1.17. The zero-order valence-electron chi connectivity index (χ0n) is 13.7. The van der Waals surface area contributed by atoms with E-state index in [0.717, 1.165) is 16.1 Å². The molecule has 5 nitrogen and oxygen atoms in total. The van der Waals surface area contributed by atoms with Crippen molar-refractivity contribution in [3.63, 3.8) is 0 Å². The quantitative estimate of drug-likeness (QED) is 0.497. The summed E-state index contributed by atoms with van der Waals surface area (Å²) in [6, 6.07) is 14.9. The van der Waals surface area contributed by atoms with Crippen LogP contribution >= 0.6 is 11.6 Å². The standard InChI is InChI=1S/C18H20ClN3O2/c1-20-18(22-12-15-5-3-4-6-16(15)19)21-11-13-7-9-14(10-8-13)17(23)24-2/h3-10H,11-12H2,1-2H3,(H2,20,21,22). The average molecular weight is 346 g/mol. The first-order valence-electron chi connectivity index (χ1n) is 7.49. The van der Waals surface area contributed by atoms with Crippen LogP contribution in [0.3, 0.4) is 0 Å². The molecule has 0 bridgehead atoms. The van der Waals surface area contributed by atoms with Crippen molar-refractivity contribution in [1.82, 2.24) is 10.6 Å². The molecule has 0 fully saturated rings. The van der Waals surface area contributed by atoms with Gasteiger partial charge in [0.25, 0.3) is 0 Å².